The standard InChI is InChI=1S/C12H12O8Si/c1-6-3-4-8(7(2)5-6)20-12(19)21(9(13)14,10(15)16)11(17)18/h3-5H,1-2H3,(H,13,14)(H,15,16)(H,17,18). The molecular formula is C12H12O8Si. The number of hydrogen-bond acceptors (Lipinski definition) is 5. The van der Waals surface area contributed by atoms with Gasteiger partial charge < -0.3 is 20.1 Å². The van der Waals surface area contributed by atoms with Gasteiger partial charge in [0.1, 0.15) is 5.75 Å². The molecule has 0 saturated carbocycles. The second kappa shape index (κ2) is 5.75. The van der Waals surface area contributed by atoms with Crippen molar-refractivity contribution in [3.05, 3.63) is 29.3 Å². The van der Waals surface area contributed by atoms with E-state index >= 15 is 0 Å². The van der Waals surface area contributed by atoms with E-state index in [4.69, 9.17) is 20.1 Å². The molecule has 0 unspecified atom stereocenters. The maximum atomic E-state index is 11.9. The largest absolute Gasteiger partial charge is 0.545 e. The first kappa shape index (κ1) is 16.4. The smallest absolute Gasteiger partial charge is 0.484 e. The van der Waals surface area contributed by atoms with Gasteiger partial charge in [0, 0.05) is 0 Å². The van der Waals surface area contributed by atoms with Crippen molar-refractivity contribution in [2.75, 3.05) is 0 Å². The number of hydrogen-bond donors (Lipinski definition) is 3. The molecule has 0 atom stereocenters. The van der Waals surface area contributed by atoms with Crippen LogP contribution in [0.25, 0.3) is 0 Å². The number of rotatable bonds is 5. The number of benzene rings is 1. The lowest BCUT2D eigenvalue weighted by Gasteiger charge is -2.16. The Kier molecular flexibility index (Phi) is 4.48. The van der Waals surface area contributed by atoms with E-state index in [0.29, 0.717) is 5.56 Å². The van der Waals surface area contributed by atoms with Crippen LogP contribution < -0.4 is 4.74 Å². The fourth-order valence-electron chi connectivity index (χ4n) is 1.63. The zero-order valence-electron chi connectivity index (χ0n) is 11.1. The van der Waals surface area contributed by atoms with Gasteiger partial charge in [0.2, 0.25) is 0 Å². The van der Waals surface area contributed by atoms with Crippen molar-refractivity contribution in [2.24, 2.45) is 0 Å². The predicted octanol–water partition coefficient (Wildman–Crippen LogP) is 2.61. The second-order valence-corrected chi connectivity index (χ2v) is 7.52. The van der Waals surface area contributed by atoms with E-state index < -0.39 is 30.4 Å². The maximum Gasteiger partial charge on any atom is 0.545 e. The first-order chi connectivity index (χ1) is 9.63. The van der Waals surface area contributed by atoms with Gasteiger partial charge in [0.05, 0.1) is 0 Å². The summed E-state index contributed by atoms with van der Waals surface area (Å²) in [5.41, 5.74) is -7.06. The molecule has 0 aliphatic carbocycles. The van der Waals surface area contributed by atoms with Crippen molar-refractivity contribution in [2.45, 2.75) is 13.8 Å². The normalized spacial score (nSPS) is 10.8. The zero-order valence-corrected chi connectivity index (χ0v) is 12.1. The number of carbonyl (C=O) groups excluding carboxylic acids is 1. The minimum Gasteiger partial charge on any atom is -0.484 e. The molecule has 0 aliphatic heterocycles. The number of carbonyl (C=O) groups is 4. The average molecular weight is 312 g/mol. The highest BCUT2D eigenvalue weighted by molar-refractivity contribution is 7.51. The Labute approximate surface area is 119 Å². The van der Waals surface area contributed by atoms with Crippen molar-refractivity contribution in [1.82, 2.24) is 0 Å². The van der Waals surface area contributed by atoms with Crippen LogP contribution in [0, 0.1) is 13.8 Å². The summed E-state index contributed by atoms with van der Waals surface area (Å²) in [4.78, 5) is 45.1. The van der Waals surface area contributed by atoms with Gasteiger partial charge in [-0.1, -0.05) is 17.7 Å². The van der Waals surface area contributed by atoms with Crippen molar-refractivity contribution in [1.29, 1.82) is 0 Å². The topological polar surface area (TPSA) is 138 Å². The van der Waals surface area contributed by atoms with Gasteiger partial charge in [0.25, 0.3) is 0 Å². The third-order valence-electron chi connectivity index (χ3n) is 2.80. The highest BCUT2D eigenvalue weighted by Crippen LogP contribution is 2.22. The summed E-state index contributed by atoms with van der Waals surface area (Å²) in [6, 6.07) is 4.52. The molecule has 112 valence electrons. The molecule has 0 amide bonds. The van der Waals surface area contributed by atoms with Crippen LogP contribution in [0.2, 0.25) is 0 Å². The van der Waals surface area contributed by atoms with Crippen LogP contribution >= 0.6 is 0 Å². The molecule has 9 heteroatoms. The molecule has 0 aliphatic rings. The molecule has 0 radical (unpaired) electrons. The molecular weight excluding hydrogens is 300 g/mol. The van der Waals surface area contributed by atoms with Gasteiger partial charge in [-0.3, -0.25) is 19.2 Å². The highest BCUT2D eigenvalue weighted by Gasteiger charge is 2.69. The van der Waals surface area contributed by atoms with E-state index in [0.717, 1.165) is 5.56 Å². The van der Waals surface area contributed by atoms with Gasteiger partial charge in [-0.15, -0.1) is 0 Å². The molecule has 1 rings (SSSR count). The summed E-state index contributed by atoms with van der Waals surface area (Å²) in [6.07, 6.45) is 0. The summed E-state index contributed by atoms with van der Waals surface area (Å²) < 4.78 is 4.73. The lowest BCUT2D eigenvalue weighted by molar-refractivity contribution is 0.196. The van der Waals surface area contributed by atoms with Crippen molar-refractivity contribution in [3.63, 3.8) is 0 Å². The Morgan fingerprint density at radius 3 is 1.81 bits per heavy atom. The van der Waals surface area contributed by atoms with Gasteiger partial charge in [0.15, 0.2) is 0 Å². The van der Waals surface area contributed by atoms with E-state index in [-0.39, 0.29) is 5.75 Å². The summed E-state index contributed by atoms with van der Waals surface area (Å²) in [5.74, 6) is -0.0776. The summed E-state index contributed by atoms with van der Waals surface area (Å²) in [5, 5.41) is 26.8. The Bertz CT molecular complexity index is 600. The molecule has 1 aromatic rings. The van der Waals surface area contributed by atoms with Crippen LogP contribution in [0.15, 0.2) is 18.2 Å². The first-order valence-electron chi connectivity index (χ1n) is 5.63. The lowest BCUT2D eigenvalue weighted by atomic mass is 10.1. The number of aryl methyl sites for hydroxylation is 2. The van der Waals surface area contributed by atoms with Crippen molar-refractivity contribution in [3.8, 4) is 5.75 Å². The van der Waals surface area contributed by atoms with Crippen LogP contribution in [-0.2, 0) is 0 Å². The van der Waals surface area contributed by atoms with Crippen molar-refractivity contribution >= 4 is 30.4 Å². The van der Waals surface area contributed by atoms with Crippen LogP contribution in [-0.4, -0.2) is 45.8 Å². The lowest BCUT2D eigenvalue weighted by Crippen LogP contribution is -2.65. The molecule has 0 spiro atoms. The second-order valence-electron chi connectivity index (χ2n) is 4.32. The number of ether oxygens (including phenoxy) is 1. The van der Waals surface area contributed by atoms with E-state index in [2.05, 4.69) is 0 Å². The van der Waals surface area contributed by atoms with Crippen LogP contribution in [0.1, 0.15) is 11.1 Å². The monoisotopic (exact) mass is 312 g/mol. The minimum absolute atomic E-state index is 0.0776. The van der Waals surface area contributed by atoms with E-state index in [9.17, 15) is 19.2 Å². The quantitative estimate of drug-likeness (QED) is 0.705. The average Bonchev–Trinajstić information content (AvgIpc) is 2.31. The van der Waals surface area contributed by atoms with E-state index in [1.807, 2.05) is 0 Å². The molecule has 0 aromatic heterocycles. The Hall–Kier alpha value is -2.68. The van der Waals surface area contributed by atoms with Gasteiger partial charge >= 0.3 is 30.4 Å². The maximum absolute atomic E-state index is 11.9. The fraction of sp³-hybridized carbons (Fsp3) is 0.167. The number of carboxylic acid groups (broad SMARTS) is 3. The van der Waals surface area contributed by atoms with Gasteiger partial charge in [-0.2, -0.15) is 0 Å². The molecule has 8 nitrogen and oxygen atoms in total. The summed E-state index contributed by atoms with van der Waals surface area (Å²) in [7, 11) is -5.46. The Morgan fingerprint density at radius 2 is 1.43 bits per heavy atom. The molecule has 0 fully saturated rings. The Balaban J connectivity index is 3.28. The third kappa shape index (κ3) is 2.77. The fourth-order valence-corrected chi connectivity index (χ4v) is 2.96. The third-order valence-corrected chi connectivity index (χ3v) is 5.44. The first-order valence-corrected chi connectivity index (χ1v) is 7.63. The minimum atomic E-state index is -5.46. The van der Waals surface area contributed by atoms with Crippen LogP contribution in [0.3, 0.4) is 0 Å². The molecule has 0 saturated heterocycles. The summed E-state index contributed by atoms with van der Waals surface area (Å²) >= 11 is 0. The van der Waals surface area contributed by atoms with Gasteiger partial charge in [-0.25, -0.2) is 0 Å². The van der Waals surface area contributed by atoms with Crippen LogP contribution in [0.5, 0.6) is 5.75 Å². The molecule has 0 heterocycles. The summed E-state index contributed by atoms with van der Waals surface area (Å²) in [6.45, 7) is 3.32. The SMILES string of the molecule is Cc1ccc(OC(=O)[Si](C(=O)O)(C(=O)O)C(=O)O)c(C)c1. The van der Waals surface area contributed by atoms with Crippen LogP contribution in [0.4, 0.5) is 19.2 Å². The van der Waals surface area contributed by atoms with Crippen molar-refractivity contribution < 1.29 is 39.2 Å². The Morgan fingerprint density at radius 1 is 0.952 bits per heavy atom. The van der Waals surface area contributed by atoms with E-state index in [1.54, 1.807) is 26.0 Å². The molecule has 0 bridgehead atoms. The molecule has 21 heavy (non-hydrogen) atoms. The zero-order chi connectivity index (χ0) is 16.4. The predicted molar refractivity (Wildman–Crippen MR) is 71.8 cm³/mol. The van der Waals surface area contributed by atoms with Gasteiger partial charge in [-0.05, 0) is 25.5 Å². The molecule has 3 N–H and O–H groups in total. The highest BCUT2D eigenvalue weighted by atomic mass is 28.3. The van der Waals surface area contributed by atoms with E-state index in [1.165, 1.54) is 6.07 Å². The molecule has 1 aromatic carbocycles.